The van der Waals surface area contributed by atoms with Crippen LogP contribution in [0.4, 0.5) is 5.69 Å². The first-order chi connectivity index (χ1) is 13.0. The first kappa shape index (κ1) is 16.6. The number of nitrogens with one attached hydrogen (secondary N) is 2. The summed E-state index contributed by atoms with van der Waals surface area (Å²) in [7, 11) is 1.74. The smallest absolute Gasteiger partial charge is 0.257 e. The third kappa shape index (κ3) is 3.30. The Labute approximate surface area is 153 Å². The first-order valence-corrected chi connectivity index (χ1v) is 8.15. The fourth-order valence-corrected chi connectivity index (χ4v) is 2.68. The minimum absolute atomic E-state index is 0.207. The highest BCUT2D eigenvalue weighted by Gasteiger charge is 2.11. The van der Waals surface area contributed by atoms with E-state index in [4.69, 9.17) is 0 Å². The van der Waals surface area contributed by atoms with E-state index in [1.54, 1.807) is 49.0 Å². The standard InChI is InChI=1S/C18H15N7O2/c1-10-7-15(26)22-16(20-10)11-3-5-13(6-4-11)21-18(27)12-8-14-17(19-9-12)25(2)24-23-14/h3-9H,1-2H3,(H,21,27)(H,20,22,26). The van der Waals surface area contributed by atoms with Gasteiger partial charge >= 0.3 is 0 Å². The van der Waals surface area contributed by atoms with Gasteiger partial charge in [-0.2, -0.15) is 0 Å². The molecule has 0 spiro atoms. The summed E-state index contributed by atoms with van der Waals surface area (Å²) >= 11 is 0. The molecule has 0 radical (unpaired) electrons. The largest absolute Gasteiger partial charge is 0.322 e. The Balaban J connectivity index is 1.55. The third-order valence-electron chi connectivity index (χ3n) is 3.99. The normalized spacial score (nSPS) is 10.9. The minimum Gasteiger partial charge on any atom is -0.322 e. The third-order valence-corrected chi connectivity index (χ3v) is 3.99. The van der Waals surface area contributed by atoms with E-state index in [0.29, 0.717) is 33.9 Å². The van der Waals surface area contributed by atoms with Crippen LogP contribution >= 0.6 is 0 Å². The van der Waals surface area contributed by atoms with Crippen LogP contribution < -0.4 is 10.9 Å². The summed E-state index contributed by atoms with van der Waals surface area (Å²) in [5, 5.41) is 10.6. The molecular formula is C18H15N7O2. The molecule has 0 fully saturated rings. The highest BCUT2D eigenvalue weighted by molar-refractivity contribution is 6.05. The summed E-state index contributed by atoms with van der Waals surface area (Å²) in [6.45, 7) is 1.76. The maximum absolute atomic E-state index is 12.4. The summed E-state index contributed by atoms with van der Waals surface area (Å²) < 4.78 is 1.54. The van der Waals surface area contributed by atoms with Gasteiger partial charge in [0.1, 0.15) is 11.3 Å². The Morgan fingerprint density at radius 2 is 1.96 bits per heavy atom. The van der Waals surface area contributed by atoms with Crippen LogP contribution in [0.1, 0.15) is 16.1 Å². The Hall–Kier alpha value is -3.88. The van der Waals surface area contributed by atoms with Gasteiger partial charge in [-0.3, -0.25) is 9.59 Å². The Bertz CT molecular complexity index is 1210. The van der Waals surface area contributed by atoms with E-state index in [2.05, 4.69) is 30.6 Å². The number of aryl methyl sites for hydroxylation is 2. The second-order valence-corrected chi connectivity index (χ2v) is 6.05. The van der Waals surface area contributed by atoms with E-state index in [0.717, 1.165) is 5.56 Å². The number of amides is 1. The molecule has 1 aromatic carbocycles. The molecule has 0 aliphatic rings. The van der Waals surface area contributed by atoms with Crippen LogP contribution in [0.15, 0.2) is 47.4 Å². The van der Waals surface area contributed by atoms with Crippen molar-refractivity contribution in [2.75, 3.05) is 5.32 Å². The molecule has 0 unspecified atom stereocenters. The van der Waals surface area contributed by atoms with Crippen molar-refractivity contribution in [1.29, 1.82) is 0 Å². The van der Waals surface area contributed by atoms with E-state index in [1.807, 2.05) is 0 Å². The number of carbonyl (C=O) groups is 1. The molecule has 1 amide bonds. The van der Waals surface area contributed by atoms with E-state index >= 15 is 0 Å². The monoisotopic (exact) mass is 361 g/mol. The second-order valence-electron chi connectivity index (χ2n) is 6.05. The summed E-state index contributed by atoms with van der Waals surface area (Å²) in [6, 6.07) is 10.1. The molecule has 4 aromatic rings. The minimum atomic E-state index is -0.301. The number of aromatic nitrogens is 6. The van der Waals surface area contributed by atoms with E-state index in [-0.39, 0.29) is 11.5 Å². The molecule has 4 rings (SSSR count). The number of hydrogen-bond acceptors (Lipinski definition) is 6. The lowest BCUT2D eigenvalue weighted by molar-refractivity contribution is 0.102. The molecule has 3 aromatic heterocycles. The number of hydrogen-bond donors (Lipinski definition) is 2. The van der Waals surface area contributed by atoms with Crippen molar-refractivity contribution in [2.45, 2.75) is 6.92 Å². The zero-order valence-corrected chi connectivity index (χ0v) is 14.6. The molecule has 134 valence electrons. The van der Waals surface area contributed by atoms with Crippen molar-refractivity contribution in [3.8, 4) is 11.4 Å². The van der Waals surface area contributed by atoms with Crippen molar-refractivity contribution >= 4 is 22.8 Å². The quantitative estimate of drug-likeness (QED) is 0.573. The van der Waals surface area contributed by atoms with E-state index in [1.165, 1.54) is 12.3 Å². The zero-order chi connectivity index (χ0) is 19.0. The van der Waals surface area contributed by atoms with Crippen molar-refractivity contribution in [3.63, 3.8) is 0 Å². The van der Waals surface area contributed by atoms with Crippen LogP contribution in [-0.2, 0) is 7.05 Å². The predicted octanol–water partition coefficient (Wildman–Crippen LogP) is 1.67. The summed E-state index contributed by atoms with van der Waals surface area (Å²) in [5.41, 5.74) is 3.33. The number of pyridine rings is 1. The molecule has 9 heteroatoms. The van der Waals surface area contributed by atoms with Gasteiger partial charge in [-0.05, 0) is 37.3 Å². The average Bonchev–Trinajstić information content (AvgIpc) is 3.02. The van der Waals surface area contributed by atoms with Gasteiger partial charge in [0.05, 0.1) is 5.56 Å². The first-order valence-electron chi connectivity index (χ1n) is 8.15. The lowest BCUT2D eigenvalue weighted by Gasteiger charge is -2.07. The van der Waals surface area contributed by atoms with Gasteiger partial charge < -0.3 is 10.3 Å². The molecule has 2 N–H and O–H groups in total. The number of anilines is 1. The van der Waals surface area contributed by atoms with Crippen LogP contribution in [0.2, 0.25) is 0 Å². The second kappa shape index (κ2) is 6.45. The molecule has 0 saturated heterocycles. The van der Waals surface area contributed by atoms with Gasteiger partial charge in [0.2, 0.25) is 0 Å². The van der Waals surface area contributed by atoms with Gasteiger partial charge in [0, 0.05) is 36.3 Å². The fourth-order valence-electron chi connectivity index (χ4n) is 2.68. The van der Waals surface area contributed by atoms with Gasteiger partial charge in [0.25, 0.3) is 11.5 Å². The number of rotatable bonds is 3. The lowest BCUT2D eigenvalue weighted by Crippen LogP contribution is -2.12. The molecule has 0 aliphatic heterocycles. The summed E-state index contributed by atoms with van der Waals surface area (Å²) in [5.74, 6) is 0.181. The van der Waals surface area contributed by atoms with Crippen LogP contribution in [0, 0.1) is 6.92 Å². The molecule has 3 heterocycles. The topological polar surface area (TPSA) is 118 Å². The maximum Gasteiger partial charge on any atom is 0.257 e. The van der Waals surface area contributed by atoms with Crippen molar-refractivity contribution < 1.29 is 4.79 Å². The molecule has 27 heavy (non-hydrogen) atoms. The number of aromatic amines is 1. The molecule has 0 saturated carbocycles. The predicted molar refractivity (Wildman–Crippen MR) is 99.3 cm³/mol. The maximum atomic E-state index is 12.4. The van der Waals surface area contributed by atoms with Crippen LogP contribution in [0.25, 0.3) is 22.6 Å². The molecular weight excluding hydrogens is 346 g/mol. The number of carbonyl (C=O) groups excluding carboxylic acids is 1. The number of H-pyrrole nitrogens is 1. The van der Waals surface area contributed by atoms with Gasteiger partial charge in [0.15, 0.2) is 5.65 Å². The SMILES string of the molecule is Cc1cc(=O)[nH]c(-c2ccc(NC(=O)c3cnc4c(c3)nnn4C)cc2)n1. The number of benzene rings is 1. The van der Waals surface area contributed by atoms with Gasteiger partial charge in [-0.15, -0.1) is 5.10 Å². The molecule has 0 bridgehead atoms. The van der Waals surface area contributed by atoms with E-state index in [9.17, 15) is 9.59 Å². The Morgan fingerprint density at radius 3 is 2.70 bits per heavy atom. The fraction of sp³-hybridized carbons (Fsp3) is 0.111. The van der Waals surface area contributed by atoms with Crippen molar-refractivity contribution in [2.24, 2.45) is 7.05 Å². The summed E-state index contributed by atoms with van der Waals surface area (Å²) in [6.07, 6.45) is 1.48. The van der Waals surface area contributed by atoms with Crippen molar-refractivity contribution in [1.82, 2.24) is 29.9 Å². The Morgan fingerprint density at radius 1 is 1.19 bits per heavy atom. The highest BCUT2D eigenvalue weighted by atomic mass is 16.1. The number of nitrogens with zero attached hydrogens (tertiary/aromatic N) is 5. The molecule has 0 aliphatic carbocycles. The molecule has 0 atom stereocenters. The highest BCUT2D eigenvalue weighted by Crippen LogP contribution is 2.18. The van der Waals surface area contributed by atoms with Crippen molar-refractivity contribution in [3.05, 3.63) is 64.2 Å². The van der Waals surface area contributed by atoms with Gasteiger partial charge in [-0.25, -0.2) is 14.6 Å². The Kier molecular flexibility index (Phi) is 3.96. The van der Waals surface area contributed by atoms with E-state index < -0.39 is 0 Å². The average molecular weight is 361 g/mol. The van der Waals surface area contributed by atoms with Crippen LogP contribution in [-0.4, -0.2) is 35.9 Å². The number of fused-ring (bicyclic) bond motifs is 1. The lowest BCUT2D eigenvalue weighted by atomic mass is 10.2. The van der Waals surface area contributed by atoms with Crippen LogP contribution in [0.3, 0.4) is 0 Å². The van der Waals surface area contributed by atoms with Crippen LogP contribution in [0.5, 0.6) is 0 Å². The zero-order valence-electron chi connectivity index (χ0n) is 14.6. The summed E-state index contributed by atoms with van der Waals surface area (Å²) in [4.78, 5) is 35.2. The molecule has 9 nitrogen and oxygen atoms in total. The van der Waals surface area contributed by atoms with Gasteiger partial charge in [-0.1, -0.05) is 5.21 Å².